The maximum Gasteiger partial charge on any atom is 0.331 e. The Morgan fingerprint density at radius 1 is 1.22 bits per heavy atom. The predicted octanol–water partition coefficient (Wildman–Crippen LogP) is 1.21. The highest BCUT2D eigenvalue weighted by atomic mass is 16.5. The Morgan fingerprint density at radius 2 is 1.89 bits per heavy atom. The molecule has 1 rings (SSSR count). The zero-order valence-corrected chi connectivity index (χ0v) is 10.3. The predicted molar refractivity (Wildman–Crippen MR) is 66.5 cm³/mol. The van der Waals surface area contributed by atoms with Crippen molar-refractivity contribution >= 4 is 18.2 Å². The van der Waals surface area contributed by atoms with Gasteiger partial charge in [0.05, 0.1) is 20.6 Å². The molecule has 0 saturated carbocycles. The number of hydrogen-bond acceptors (Lipinski definition) is 5. The molecule has 0 heterocycles. The average Bonchev–Trinajstić information content (AvgIpc) is 2.43. The van der Waals surface area contributed by atoms with Crippen LogP contribution in [0.5, 0.6) is 0 Å². The fourth-order valence-corrected chi connectivity index (χ4v) is 1.29. The van der Waals surface area contributed by atoms with E-state index in [1.807, 2.05) is 30.3 Å². The number of carbonyl (C=O) groups is 2. The molecule has 0 aliphatic carbocycles. The molecule has 96 valence electrons. The summed E-state index contributed by atoms with van der Waals surface area (Å²) in [5, 5.41) is 0. The molecule has 0 aliphatic heterocycles. The quantitative estimate of drug-likeness (QED) is 0.581. The second-order valence-corrected chi connectivity index (χ2v) is 3.51. The van der Waals surface area contributed by atoms with Crippen LogP contribution in [0.15, 0.2) is 35.3 Å². The summed E-state index contributed by atoms with van der Waals surface area (Å²) < 4.78 is 9.09. The minimum atomic E-state index is -0.873. The number of carbonyl (C=O) groups excluding carboxylic acids is 2. The largest absolute Gasteiger partial charge is 0.469 e. The lowest BCUT2D eigenvalue weighted by Gasteiger charge is -2.08. The number of ether oxygens (including phenoxy) is 2. The summed E-state index contributed by atoms with van der Waals surface area (Å²) in [6.45, 7) is 0. The van der Waals surface area contributed by atoms with Crippen molar-refractivity contribution in [1.82, 2.24) is 0 Å². The van der Waals surface area contributed by atoms with Gasteiger partial charge in [-0.1, -0.05) is 30.3 Å². The minimum Gasteiger partial charge on any atom is -0.469 e. The highest BCUT2D eigenvalue weighted by Gasteiger charge is 2.21. The summed E-state index contributed by atoms with van der Waals surface area (Å²) in [6, 6.07) is 8.40. The highest BCUT2D eigenvalue weighted by Crippen LogP contribution is 2.04. The fraction of sp³-hybridized carbons (Fsp3) is 0.308. The fourth-order valence-electron chi connectivity index (χ4n) is 1.29. The first kappa shape index (κ1) is 13.9. The van der Waals surface area contributed by atoms with Crippen molar-refractivity contribution in [3.05, 3.63) is 35.9 Å². The van der Waals surface area contributed by atoms with Crippen molar-refractivity contribution in [2.75, 3.05) is 14.2 Å². The Morgan fingerprint density at radius 3 is 2.44 bits per heavy atom. The Balaban J connectivity index is 2.75. The maximum absolute atomic E-state index is 11.4. The molecule has 0 radical (unpaired) electrons. The Hall–Kier alpha value is -2.17. The number of esters is 2. The summed E-state index contributed by atoms with van der Waals surface area (Å²) in [6.07, 6.45) is 1.40. The Bertz CT molecular complexity index is 428. The van der Waals surface area contributed by atoms with Crippen molar-refractivity contribution < 1.29 is 19.1 Å². The number of hydrogen-bond donors (Lipinski definition) is 0. The lowest BCUT2D eigenvalue weighted by atomic mass is 10.2. The Kier molecular flexibility index (Phi) is 5.57. The van der Waals surface area contributed by atoms with Gasteiger partial charge in [-0.3, -0.25) is 9.79 Å². The molecule has 0 aliphatic rings. The van der Waals surface area contributed by atoms with E-state index in [2.05, 4.69) is 14.5 Å². The van der Waals surface area contributed by atoms with Gasteiger partial charge in [-0.15, -0.1) is 0 Å². The molecule has 1 aromatic carbocycles. The second-order valence-electron chi connectivity index (χ2n) is 3.51. The molecular weight excluding hydrogens is 234 g/mol. The van der Waals surface area contributed by atoms with E-state index in [9.17, 15) is 9.59 Å². The van der Waals surface area contributed by atoms with Crippen LogP contribution in [0.3, 0.4) is 0 Å². The zero-order valence-electron chi connectivity index (χ0n) is 10.3. The van der Waals surface area contributed by atoms with Gasteiger partial charge >= 0.3 is 11.9 Å². The van der Waals surface area contributed by atoms with Gasteiger partial charge in [0.1, 0.15) is 0 Å². The molecule has 5 heteroatoms. The molecule has 0 N–H and O–H groups in total. The standard InChI is InChI=1S/C13H15NO4/c1-17-12(15)8-11(13(16)18-2)14-9-10-6-4-3-5-7-10/h3-7,9,11H,8H2,1-2H3/t11-/m0/s1. The first-order valence-electron chi connectivity index (χ1n) is 5.40. The average molecular weight is 249 g/mol. The van der Waals surface area contributed by atoms with Gasteiger partial charge in [0.2, 0.25) is 0 Å². The van der Waals surface area contributed by atoms with Gasteiger partial charge in [-0.2, -0.15) is 0 Å². The number of rotatable bonds is 5. The van der Waals surface area contributed by atoms with Crippen LogP contribution in [-0.2, 0) is 19.1 Å². The molecule has 0 saturated heterocycles. The Labute approximate surface area is 105 Å². The minimum absolute atomic E-state index is 0.132. The van der Waals surface area contributed by atoms with Gasteiger partial charge in [-0.05, 0) is 5.56 Å². The van der Waals surface area contributed by atoms with Crippen molar-refractivity contribution in [1.29, 1.82) is 0 Å². The number of nitrogens with zero attached hydrogens (tertiary/aromatic N) is 1. The van der Waals surface area contributed by atoms with E-state index in [-0.39, 0.29) is 6.42 Å². The van der Waals surface area contributed by atoms with Gasteiger partial charge in [0.15, 0.2) is 6.04 Å². The molecule has 0 spiro atoms. The molecule has 0 aromatic heterocycles. The van der Waals surface area contributed by atoms with Crippen molar-refractivity contribution in [2.45, 2.75) is 12.5 Å². The van der Waals surface area contributed by atoms with Gasteiger partial charge in [-0.25, -0.2) is 4.79 Å². The van der Waals surface area contributed by atoms with Crippen molar-refractivity contribution in [3.8, 4) is 0 Å². The monoisotopic (exact) mass is 249 g/mol. The van der Waals surface area contributed by atoms with Crippen molar-refractivity contribution in [2.24, 2.45) is 4.99 Å². The van der Waals surface area contributed by atoms with E-state index < -0.39 is 18.0 Å². The van der Waals surface area contributed by atoms with Gasteiger partial charge in [0.25, 0.3) is 0 Å². The van der Waals surface area contributed by atoms with Crippen LogP contribution in [0.25, 0.3) is 0 Å². The van der Waals surface area contributed by atoms with Crippen LogP contribution in [0.1, 0.15) is 12.0 Å². The van der Waals surface area contributed by atoms with Crippen LogP contribution in [0, 0.1) is 0 Å². The van der Waals surface area contributed by atoms with Gasteiger partial charge < -0.3 is 9.47 Å². The third-order valence-corrected chi connectivity index (χ3v) is 2.26. The number of benzene rings is 1. The van der Waals surface area contributed by atoms with Crippen LogP contribution >= 0.6 is 0 Å². The van der Waals surface area contributed by atoms with Crippen LogP contribution in [0.4, 0.5) is 0 Å². The molecule has 18 heavy (non-hydrogen) atoms. The second kappa shape index (κ2) is 7.21. The van der Waals surface area contributed by atoms with E-state index in [1.165, 1.54) is 20.4 Å². The molecule has 5 nitrogen and oxygen atoms in total. The van der Waals surface area contributed by atoms with E-state index in [0.29, 0.717) is 0 Å². The summed E-state index contributed by atoms with van der Waals surface area (Å²) in [7, 11) is 2.52. The van der Waals surface area contributed by atoms with E-state index >= 15 is 0 Å². The van der Waals surface area contributed by atoms with Gasteiger partial charge in [0, 0.05) is 6.21 Å². The highest BCUT2D eigenvalue weighted by molar-refractivity contribution is 5.87. The zero-order chi connectivity index (χ0) is 13.4. The first-order valence-corrected chi connectivity index (χ1v) is 5.40. The van der Waals surface area contributed by atoms with E-state index in [1.54, 1.807) is 0 Å². The SMILES string of the molecule is COC(=O)C[C@H](N=Cc1ccccc1)C(=O)OC. The summed E-state index contributed by atoms with van der Waals surface area (Å²) >= 11 is 0. The van der Waals surface area contributed by atoms with E-state index in [0.717, 1.165) is 5.56 Å². The van der Waals surface area contributed by atoms with Crippen LogP contribution < -0.4 is 0 Å². The first-order chi connectivity index (χ1) is 8.67. The maximum atomic E-state index is 11.4. The molecule has 0 amide bonds. The molecule has 0 bridgehead atoms. The summed E-state index contributed by atoms with van der Waals surface area (Å²) in [5.74, 6) is -1.07. The molecular formula is C13H15NO4. The number of aliphatic imine (C=N–C) groups is 1. The topological polar surface area (TPSA) is 65.0 Å². The van der Waals surface area contributed by atoms with Crippen molar-refractivity contribution in [3.63, 3.8) is 0 Å². The molecule has 0 unspecified atom stereocenters. The summed E-state index contributed by atoms with van der Waals surface area (Å²) in [4.78, 5) is 26.6. The molecule has 0 fully saturated rings. The smallest absolute Gasteiger partial charge is 0.331 e. The molecule has 1 atom stereocenters. The third-order valence-electron chi connectivity index (χ3n) is 2.26. The lowest BCUT2D eigenvalue weighted by molar-refractivity contribution is -0.148. The normalized spacial score (nSPS) is 12.1. The van der Waals surface area contributed by atoms with Crippen LogP contribution in [0.2, 0.25) is 0 Å². The lowest BCUT2D eigenvalue weighted by Crippen LogP contribution is -2.24. The molecule has 1 aromatic rings. The number of methoxy groups -OCH3 is 2. The summed E-state index contributed by atoms with van der Waals surface area (Å²) in [5.41, 5.74) is 0.844. The van der Waals surface area contributed by atoms with Crippen LogP contribution in [-0.4, -0.2) is 38.4 Å². The van der Waals surface area contributed by atoms with E-state index in [4.69, 9.17) is 0 Å². The third kappa shape index (κ3) is 4.37.